The third-order valence-electron chi connectivity index (χ3n) is 6.20. The number of ether oxygens (including phenoxy) is 1. The van der Waals surface area contributed by atoms with E-state index in [1.807, 2.05) is 55.5 Å². The summed E-state index contributed by atoms with van der Waals surface area (Å²) in [6, 6.07) is 22.1. The van der Waals surface area contributed by atoms with Crippen molar-refractivity contribution in [1.82, 2.24) is 14.8 Å². The van der Waals surface area contributed by atoms with Gasteiger partial charge in [0.15, 0.2) is 0 Å². The van der Waals surface area contributed by atoms with Gasteiger partial charge in [-0.2, -0.15) is 9.78 Å². The third kappa shape index (κ3) is 3.95. The molecule has 0 spiro atoms. The summed E-state index contributed by atoms with van der Waals surface area (Å²) >= 11 is 1.54. The second kappa shape index (κ2) is 8.63. The molecule has 0 bridgehead atoms. The number of nitrogens with zero attached hydrogens (tertiary/aromatic N) is 3. The fourth-order valence-corrected chi connectivity index (χ4v) is 5.42. The molecular formula is C27H21FN4O2S. The van der Waals surface area contributed by atoms with Crippen molar-refractivity contribution in [2.75, 3.05) is 5.32 Å². The number of rotatable bonds is 5. The second-order valence-electron chi connectivity index (χ2n) is 8.48. The van der Waals surface area contributed by atoms with E-state index in [4.69, 9.17) is 14.8 Å². The molecule has 1 aliphatic heterocycles. The zero-order chi connectivity index (χ0) is 23.9. The highest BCUT2D eigenvalue weighted by molar-refractivity contribution is 7.20. The van der Waals surface area contributed by atoms with Crippen LogP contribution in [-0.4, -0.2) is 20.7 Å². The number of hydrogen-bond acceptors (Lipinski definition) is 5. The second-order valence-corrected chi connectivity index (χ2v) is 9.49. The van der Waals surface area contributed by atoms with Gasteiger partial charge in [-0.1, -0.05) is 53.8 Å². The van der Waals surface area contributed by atoms with Crippen LogP contribution in [-0.2, 0) is 11.4 Å². The minimum absolute atomic E-state index is 0.0651. The maximum Gasteiger partial charge on any atom is 0.226 e. The highest BCUT2D eigenvalue weighted by Gasteiger charge is 2.33. The van der Waals surface area contributed by atoms with Crippen LogP contribution in [0, 0.1) is 12.7 Å². The number of nitrogens with one attached hydrogen (secondary N) is 1. The van der Waals surface area contributed by atoms with Gasteiger partial charge in [-0.05, 0) is 42.8 Å². The maximum atomic E-state index is 13.9. The van der Waals surface area contributed by atoms with E-state index in [0.29, 0.717) is 28.7 Å². The third-order valence-corrected chi connectivity index (χ3v) is 7.21. The summed E-state index contributed by atoms with van der Waals surface area (Å²) in [5, 5.41) is 8.48. The van der Waals surface area contributed by atoms with E-state index in [-0.39, 0.29) is 24.2 Å². The molecule has 3 aromatic carbocycles. The fourth-order valence-electron chi connectivity index (χ4n) is 4.49. The number of aromatic nitrogens is 3. The van der Waals surface area contributed by atoms with E-state index in [2.05, 4.69) is 5.32 Å². The van der Waals surface area contributed by atoms with Gasteiger partial charge in [0.05, 0.1) is 15.9 Å². The Labute approximate surface area is 205 Å². The molecule has 5 aromatic rings. The topological polar surface area (TPSA) is 69.0 Å². The normalized spacial score (nSPS) is 15.1. The zero-order valence-corrected chi connectivity index (χ0v) is 19.7. The van der Waals surface area contributed by atoms with Crippen LogP contribution in [0.2, 0.25) is 0 Å². The first-order valence-electron chi connectivity index (χ1n) is 11.3. The zero-order valence-electron chi connectivity index (χ0n) is 18.9. The molecule has 0 fully saturated rings. The smallest absolute Gasteiger partial charge is 0.226 e. The molecule has 35 heavy (non-hydrogen) atoms. The van der Waals surface area contributed by atoms with Gasteiger partial charge in [0.1, 0.15) is 24.0 Å². The predicted molar refractivity (Wildman–Crippen MR) is 134 cm³/mol. The lowest BCUT2D eigenvalue weighted by Crippen LogP contribution is -2.24. The Morgan fingerprint density at radius 2 is 1.86 bits per heavy atom. The fraction of sp³-hybridized carbons (Fsp3) is 0.148. The number of thiazole rings is 1. The molecule has 0 radical (unpaired) electrons. The minimum Gasteiger partial charge on any atom is -0.489 e. The number of hydrogen-bond donors (Lipinski definition) is 1. The summed E-state index contributed by atoms with van der Waals surface area (Å²) in [5.41, 5.74) is 4.24. The molecule has 3 heterocycles. The SMILES string of the molecule is Cc1nn(-c2nc3ccccc3s2)c2c1C(c1ccc(OCc3ccccc3F)cc1)CC(=O)N2. The number of carbonyl (C=O) groups excluding carboxylic acids is 1. The van der Waals surface area contributed by atoms with Crippen LogP contribution in [0.25, 0.3) is 15.3 Å². The van der Waals surface area contributed by atoms with Crippen molar-refractivity contribution < 1.29 is 13.9 Å². The summed E-state index contributed by atoms with van der Waals surface area (Å²) in [5.74, 6) is 0.819. The Bertz CT molecular complexity index is 1520. The predicted octanol–water partition coefficient (Wildman–Crippen LogP) is 5.98. The minimum atomic E-state index is -0.287. The van der Waals surface area contributed by atoms with Gasteiger partial charge in [-0.25, -0.2) is 9.37 Å². The van der Waals surface area contributed by atoms with Crippen LogP contribution in [0.1, 0.15) is 34.7 Å². The molecule has 6 rings (SSSR count). The first-order chi connectivity index (χ1) is 17.1. The van der Waals surface area contributed by atoms with E-state index < -0.39 is 0 Å². The number of amides is 1. The molecule has 0 saturated carbocycles. The lowest BCUT2D eigenvalue weighted by atomic mass is 9.86. The van der Waals surface area contributed by atoms with E-state index in [1.54, 1.807) is 22.9 Å². The molecule has 1 aliphatic rings. The monoisotopic (exact) mass is 484 g/mol. The Hall–Kier alpha value is -4.04. The van der Waals surface area contributed by atoms with Crippen molar-refractivity contribution in [3.05, 3.63) is 101 Å². The van der Waals surface area contributed by atoms with E-state index in [1.165, 1.54) is 17.4 Å². The molecule has 1 unspecified atom stereocenters. The van der Waals surface area contributed by atoms with Gasteiger partial charge in [-0.3, -0.25) is 4.79 Å². The largest absolute Gasteiger partial charge is 0.489 e. The summed E-state index contributed by atoms with van der Waals surface area (Å²) in [6.45, 7) is 2.11. The first-order valence-corrected chi connectivity index (χ1v) is 12.1. The van der Waals surface area contributed by atoms with Gasteiger partial charge < -0.3 is 10.1 Å². The molecule has 174 valence electrons. The van der Waals surface area contributed by atoms with Crippen LogP contribution in [0.15, 0.2) is 72.8 Å². The van der Waals surface area contributed by atoms with E-state index in [9.17, 15) is 9.18 Å². The summed E-state index contributed by atoms with van der Waals surface area (Å²) in [4.78, 5) is 17.4. The van der Waals surface area contributed by atoms with Gasteiger partial charge in [0.25, 0.3) is 0 Å². The summed E-state index contributed by atoms with van der Waals surface area (Å²) < 4.78 is 22.5. The van der Waals surface area contributed by atoms with Crippen LogP contribution in [0.5, 0.6) is 5.75 Å². The number of benzene rings is 3. The highest BCUT2D eigenvalue weighted by atomic mass is 32.1. The molecule has 1 atom stereocenters. The Balaban J connectivity index is 1.30. The summed E-state index contributed by atoms with van der Waals surface area (Å²) in [6.07, 6.45) is 0.328. The van der Waals surface area contributed by atoms with Crippen LogP contribution < -0.4 is 10.1 Å². The average molecular weight is 485 g/mol. The van der Waals surface area contributed by atoms with Gasteiger partial charge in [-0.15, -0.1) is 0 Å². The summed E-state index contributed by atoms with van der Waals surface area (Å²) in [7, 11) is 0. The number of halogens is 1. The standard InChI is InChI=1S/C27H21FN4O2S/c1-16-25-20(17-10-12-19(13-11-17)34-15-18-6-2-3-7-21(18)28)14-24(33)30-26(25)32(31-16)27-29-22-8-4-5-9-23(22)35-27/h2-13,20H,14-15H2,1H3,(H,30,33). The Kier molecular flexibility index (Phi) is 5.30. The average Bonchev–Trinajstić information content (AvgIpc) is 3.44. The lowest BCUT2D eigenvalue weighted by molar-refractivity contribution is -0.116. The van der Waals surface area contributed by atoms with Gasteiger partial charge in [0, 0.05) is 23.5 Å². The van der Waals surface area contributed by atoms with E-state index in [0.717, 1.165) is 27.0 Å². The highest BCUT2D eigenvalue weighted by Crippen LogP contribution is 2.41. The van der Waals surface area contributed by atoms with Crippen molar-refractivity contribution in [3.63, 3.8) is 0 Å². The van der Waals surface area contributed by atoms with Crippen molar-refractivity contribution in [2.45, 2.75) is 25.9 Å². The molecule has 1 amide bonds. The lowest BCUT2D eigenvalue weighted by Gasteiger charge is -2.24. The van der Waals surface area contributed by atoms with Crippen molar-refractivity contribution >= 4 is 33.3 Å². The molecule has 2 aromatic heterocycles. The molecule has 0 saturated heterocycles. The van der Waals surface area contributed by atoms with Crippen molar-refractivity contribution in [3.8, 4) is 10.9 Å². The maximum absolute atomic E-state index is 13.9. The number of anilines is 1. The number of carbonyl (C=O) groups is 1. The number of para-hydroxylation sites is 1. The molecule has 6 nitrogen and oxygen atoms in total. The van der Waals surface area contributed by atoms with Gasteiger partial charge >= 0.3 is 0 Å². The van der Waals surface area contributed by atoms with Crippen molar-refractivity contribution in [2.24, 2.45) is 0 Å². The van der Waals surface area contributed by atoms with Crippen LogP contribution in [0.4, 0.5) is 10.2 Å². The number of fused-ring (bicyclic) bond motifs is 2. The van der Waals surface area contributed by atoms with Gasteiger partial charge in [0.2, 0.25) is 11.0 Å². The van der Waals surface area contributed by atoms with Crippen LogP contribution in [0.3, 0.4) is 0 Å². The molecule has 1 N–H and O–H groups in total. The molecule has 0 aliphatic carbocycles. The molecular weight excluding hydrogens is 463 g/mol. The quantitative estimate of drug-likeness (QED) is 0.333. The number of aryl methyl sites for hydroxylation is 1. The van der Waals surface area contributed by atoms with E-state index >= 15 is 0 Å². The Morgan fingerprint density at radius 3 is 2.66 bits per heavy atom. The van der Waals surface area contributed by atoms with Crippen molar-refractivity contribution in [1.29, 1.82) is 0 Å². The van der Waals surface area contributed by atoms with Crippen LogP contribution >= 0.6 is 11.3 Å². The molecule has 8 heteroatoms. The Morgan fingerprint density at radius 1 is 1.09 bits per heavy atom. The first kappa shape index (κ1) is 21.5.